The van der Waals surface area contributed by atoms with E-state index in [-0.39, 0.29) is 17.1 Å². The predicted molar refractivity (Wildman–Crippen MR) is 141 cm³/mol. The molecule has 33 heavy (non-hydrogen) atoms. The summed E-state index contributed by atoms with van der Waals surface area (Å²) < 4.78 is 0. The average Bonchev–Trinajstić information content (AvgIpc) is 3.56. The first-order valence-corrected chi connectivity index (χ1v) is 13.1. The summed E-state index contributed by atoms with van der Waals surface area (Å²) in [6.07, 6.45) is 8.08. The summed E-state index contributed by atoms with van der Waals surface area (Å²) in [4.78, 5) is 5.22. The van der Waals surface area contributed by atoms with E-state index in [0.29, 0.717) is 0 Å². The summed E-state index contributed by atoms with van der Waals surface area (Å²) in [5, 5.41) is 0. The number of likely N-dealkylation sites (tertiary alicyclic amines) is 2. The fourth-order valence-electron chi connectivity index (χ4n) is 5.90. The van der Waals surface area contributed by atoms with Crippen LogP contribution in [0.2, 0.25) is 0 Å². The van der Waals surface area contributed by atoms with Crippen molar-refractivity contribution in [2.75, 3.05) is 39.3 Å². The molecule has 2 nitrogen and oxygen atoms in total. The maximum Gasteiger partial charge on any atom is 0 e. The molecule has 0 bridgehead atoms. The SMILES string of the molecule is C[c-]1[c-](C)[c-](C)[c-](CCN2CCCC2)[c-]1C.Cc1c(C)c(C)[c-](CCN2CCCC2)c1C.[Fe]. The fourth-order valence-corrected chi connectivity index (χ4v) is 5.90. The van der Waals surface area contributed by atoms with E-state index in [1.165, 1.54) is 122 Å². The molecule has 2 aliphatic heterocycles. The van der Waals surface area contributed by atoms with Gasteiger partial charge < -0.3 is 37.6 Å². The first-order valence-electron chi connectivity index (χ1n) is 13.1. The zero-order valence-corrected chi connectivity index (χ0v) is 23.8. The van der Waals surface area contributed by atoms with E-state index < -0.39 is 0 Å². The van der Waals surface area contributed by atoms with Gasteiger partial charge >= 0.3 is 0 Å². The maximum absolute atomic E-state index is 2.61. The van der Waals surface area contributed by atoms with Gasteiger partial charge in [0.1, 0.15) is 0 Å². The Labute approximate surface area is 215 Å². The molecular formula is C30H48FeN2-6. The Kier molecular flexibility index (Phi) is 10.9. The van der Waals surface area contributed by atoms with Crippen LogP contribution in [-0.4, -0.2) is 49.1 Å². The van der Waals surface area contributed by atoms with Crippen LogP contribution in [0.5, 0.6) is 0 Å². The third-order valence-corrected chi connectivity index (χ3v) is 8.94. The average molecular weight is 493 g/mol. The number of rotatable bonds is 6. The van der Waals surface area contributed by atoms with Crippen LogP contribution < -0.4 is 0 Å². The summed E-state index contributed by atoms with van der Waals surface area (Å²) in [7, 11) is 0. The molecule has 0 saturated carbocycles. The van der Waals surface area contributed by atoms with Crippen molar-refractivity contribution in [2.24, 2.45) is 0 Å². The van der Waals surface area contributed by atoms with E-state index in [0.717, 1.165) is 0 Å². The summed E-state index contributed by atoms with van der Waals surface area (Å²) in [5.74, 6) is 0. The van der Waals surface area contributed by atoms with Crippen molar-refractivity contribution in [3.8, 4) is 0 Å². The van der Waals surface area contributed by atoms with Gasteiger partial charge in [0.15, 0.2) is 0 Å². The fraction of sp³-hybridized carbons (Fsp3) is 0.667. The van der Waals surface area contributed by atoms with Crippen molar-refractivity contribution in [3.63, 3.8) is 0 Å². The van der Waals surface area contributed by atoms with Crippen molar-refractivity contribution in [1.82, 2.24) is 9.80 Å². The molecule has 0 unspecified atom stereocenters. The number of hydrogen-bond acceptors (Lipinski definition) is 2. The summed E-state index contributed by atoms with van der Waals surface area (Å²) in [5.41, 5.74) is 15.4. The Morgan fingerprint density at radius 2 is 0.939 bits per heavy atom. The zero-order chi connectivity index (χ0) is 23.4. The quantitative estimate of drug-likeness (QED) is 0.333. The molecule has 0 aliphatic carbocycles. The van der Waals surface area contributed by atoms with Crippen LogP contribution in [0.25, 0.3) is 0 Å². The molecule has 2 aliphatic rings. The molecule has 2 heterocycles. The molecule has 3 heteroatoms. The zero-order valence-electron chi connectivity index (χ0n) is 22.7. The molecule has 2 aromatic carbocycles. The van der Waals surface area contributed by atoms with Crippen LogP contribution in [-0.2, 0) is 29.9 Å². The smallest absolute Gasteiger partial charge is 0 e. The van der Waals surface area contributed by atoms with E-state index >= 15 is 0 Å². The number of nitrogens with zero attached hydrogens (tertiary/aromatic N) is 2. The van der Waals surface area contributed by atoms with E-state index in [4.69, 9.17) is 0 Å². The first kappa shape index (κ1) is 28.4. The van der Waals surface area contributed by atoms with Crippen molar-refractivity contribution < 1.29 is 17.1 Å². The summed E-state index contributed by atoms with van der Waals surface area (Å²) in [6.45, 7) is 26.0. The van der Waals surface area contributed by atoms with E-state index in [2.05, 4.69) is 65.2 Å². The molecule has 0 N–H and O–H groups in total. The van der Waals surface area contributed by atoms with Crippen molar-refractivity contribution in [2.45, 2.75) is 93.9 Å². The third-order valence-electron chi connectivity index (χ3n) is 8.94. The second-order valence-electron chi connectivity index (χ2n) is 10.6. The van der Waals surface area contributed by atoms with Gasteiger partial charge in [-0.2, -0.15) is 22.3 Å². The van der Waals surface area contributed by atoms with E-state index in [1.807, 2.05) is 0 Å². The topological polar surface area (TPSA) is 6.48 Å². The molecule has 2 fully saturated rings. The van der Waals surface area contributed by atoms with Crippen LogP contribution >= 0.6 is 0 Å². The van der Waals surface area contributed by atoms with Gasteiger partial charge in [0, 0.05) is 17.1 Å². The Morgan fingerprint density at radius 1 is 0.576 bits per heavy atom. The molecule has 0 atom stereocenters. The van der Waals surface area contributed by atoms with Crippen molar-refractivity contribution in [1.29, 1.82) is 0 Å². The van der Waals surface area contributed by atoms with Gasteiger partial charge in [-0.1, -0.05) is 34.1 Å². The molecule has 0 radical (unpaired) electrons. The monoisotopic (exact) mass is 492 g/mol. The van der Waals surface area contributed by atoms with Crippen LogP contribution in [0.3, 0.4) is 0 Å². The Bertz CT molecular complexity index is 764. The first-order chi connectivity index (χ1) is 15.2. The summed E-state index contributed by atoms with van der Waals surface area (Å²) >= 11 is 0. The summed E-state index contributed by atoms with van der Waals surface area (Å²) in [6, 6.07) is 0. The number of hydrogen-bond donors (Lipinski definition) is 0. The van der Waals surface area contributed by atoms with Crippen LogP contribution in [0, 0.1) is 55.4 Å². The second kappa shape index (κ2) is 12.7. The minimum atomic E-state index is 0. The van der Waals surface area contributed by atoms with Gasteiger partial charge in [-0.15, -0.1) is 5.56 Å². The predicted octanol–water partition coefficient (Wildman–Crippen LogP) is 6.55. The van der Waals surface area contributed by atoms with Gasteiger partial charge in [0.25, 0.3) is 0 Å². The molecule has 192 valence electrons. The van der Waals surface area contributed by atoms with Gasteiger partial charge in [0.05, 0.1) is 0 Å². The van der Waals surface area contributed by atoms with Crippen LogP contribution in [0.4, 0.5) is 0 Å². The molecule has 0 aromatic heterocycles. The molecule has 4 rings (SSSR count). The second-order valence-corrected chi connectivity index (χ2v) is 10.6. The van der Waals surface area contributed by atoms with Crippen molar-refractivity contribution >= 4 is 0 Å². The maximum atomic E-state index is 2.61. The van der Waals surface area contributed by atoms with Gasteiger partial charge in [0.2, 0.25) is 0 Å². The van der Waals surface area contributed by atoms with Crippen LogP contribution in [0.15, 0.2) is 0 Å². The largest absolute Gasteiger partial charge is 0.731 e. The minimum Gasteiger partial charge on any atom is -0.731 e. The Morgan fingerprint density at radius 3 is 1.33 bits per heavy atom. The molecular weight excluding hydrogens is 444 g/mol. The van der Waals surface area contributed by atoms with E-state index in [1.54, 1.807) is 11.1 Å². The molecule has 0 spiro atoms. The van der Waals surface area contributed by atoms with Crippen molar-refractivity contribution in [3.05, 3.63) is 55.6 Å². The Hall–Kier alpha value is -0.861. The third kappa shape index (κ3) is 6.63. The molecule has 2 saturated heterocycles. The van der Waals surface area contributed by atoms with Gasteiger partial charge in [-0.25, -0.2) is 34.1 Å². The van der Waals surface area contributed by atoms with Gasteiger partial charge in [-0.05, 0) is 65.0 Å². The normalized spacial score (nSPS) is 16.7. The van der Waals surface area contributed by atoms with Crippen LogP contribution in [0.1, 0.15) is 81.3 Å². The molecule has 2 aromatic rings. The van der Waals surface area contributed by atoms with E-state index in [9.17, 15) is 0 Å². The Balaban J connectivity index is 0.000000227. The van der Waals surface area contributed by atoms with Gasteiger partial charge in [-0.3, -0.25) is 0 Å². The standard InChI is InChI=1S/2C15H24N.Fe/c2*1-11-12(2)14(4)15(13(11)3)7-10-16-8-5-6-9-16;/h2*5-10H2,1-4H3;/q-5;-1;. The minimum absolute atomic E-state index is 0. The molecule has 0 amide bonds.